The second-order valence-electron chi connectivity index (χ2n) is 3.36. The summed E-state index contributed by atoms with van der Waals surface area (Å²) >= 11 is 0. The fraction of sp³-hybridized carbons (Fsp3) is 0.273. The summed E-state index contributed by atoms with van der Waals surface area (Å²) in [4.78, 5) is 2.23. The van der Waals surface area contributed by atoms with Crippen molar-refractivity contribution < 1.29 is 0 Å². The number of benzene rings is 1. The highest BCUT2D eigenvalue weighted by Gasteiger charge is 2.06. The molecule has 0 spiro atoms. The van der Waals surface area contributed by atoms with Gasteiger partial charge in [-0.1, -0.05) is 30.3 Å². The van der Waals surface area contributed by atoms with Gasteiger partial charge in [0.25, 0.3) is 0 Å². The van der Waals surface area contributed by atoms with Crippen LogP contribution in [-0.2, 0) is 0 Å². The molecule has 13 heavy (non-hydrogen) atoms. The summed E-state index contributed by atoms with van der Waals surface area (Å²) in [6, 6.07) is 10.4. The number of rotatable bonds is 1. The number of hydrogen-bond acceptors (Lipinski definition) is 2. The van der Waals surface area contributed by atoms with Crippen molar-refractivity contribution in [2.24, 2.45) is 0 Å². The molecule has 2 nitrogen and oxygen atoms in total. The van der Waals surface area contributed by atoms with Gasteiger partial charge < -0.3 is 5.32 Å². The van der Waals surface area contributed by atoms with E-state index in [2.05, 4.69) is 47.6 Å². The van der Waals surface area contributed by atoms with Gasteiger partial charge in [0.2, 0.25) is 0 Å². The number of hydrogen-bond donors (Lipinski definition) is 1. The monoisotopic (exact) mass is 174 g/mol. The van der Waals surface area contributed by atoms with Gasteiger partial charge in [0.05, 0.1) is 6.67 Å². The molecule has 0 amide bonds. The van der Waals surface area contributed by atoms with Gasteiger partial charge in [-0.05, 0) is 18.7 Å². The lowest BCUT2D eigenvalue weighted by Gasteiger charge is -2.24. The molecule has 1 N–H and O–H groups in total. The van der Waals surface area contributed by atoms with Crippen LogP contribution in [0.1, 0.15) is 5.56 Å². The van der Waals surface area contributed by atoms with Gasteiger partial charge in [-0.25, -0.2) is 0 Å². The molecule has 1 aromatic rings. The Morgan fingerprint density at radius 2 is 2.00 bits per heavy atom. The van der Waals surface area contributed by atoms with E-state index in [1.165, 1.54) is 11.3 Å². The molecule has 0 atom stereocenters. The van der Waals surface area contributed by atoms with E-state index in [4.69, 9.17) is 0 Å². The molecule has 0 bridgehead atoms. The van der Waals surface area contributed by atoms with Gasteiger partial charge in [-0.2, -0.15) is 0 Å². The van der Waals surface area contributed by atoms with Gasteiger partial charge in [0.15, 0.2) is 0 Å². The van der Waals surface area contributed by atoms with Crippen molar-refractivity contribution in [3.05, 3.63) is 42.0 Å². The van der Waals surface area contributed by atoms with Crippen molar-refractivity contribution in [2.45, 2.75) is 0 Å². The third kappa shape index (κ3) is 1.90. The summed E-state index contributed by atoms with van der Waals surface area (Å²) < 4.78 is 0. The highest BCUT2D eigenvalue weighted by atomic mass is 15.2. The second-order valence-corrected chi connectivity index (χ2v) is 3.36. The lowest BCUT2D eigenvalue weighted by atomic mass is 10.1. The van der Waals surface area contributed by atoms with Gasteiger partial charge >= 0.3 is 0 Å². The predicted octanol–water partition coefficient (Wildman–Crippen LogP) is 1.52. The molecule has 68 valence electrons. The van der Waals surface area contributed by atoms with Gasteiger partial charge in [0, 0.05) is 12.2 Å². The van der Waals surface area contributed by atoms with E-state index in [-0.39, 0.29) is 0 Å². The smallest absolute Gasteiger partial charge is 0.0678 e. The van der Waals surface area contributed by atoms with Crippen molar-refractivity contribution in [2.75, 3.05) is 20.3 Å². The maximum Gasteiger partial charge on any atom is 0.0678 e. The van der Waals surface area contributed by atoms with Crippen molar-refractivity contribution in [1.29, 1.82) is 0 Å². The Balaban J connectivity index is 2.19. The first-order valence-corrected chi connectivity index (χ1v) is 4.54. The van der Waals surface area contributed by atoms with Gasteiger partial charge in [-0.15, -0.1) is 0 Å². The second kappa shape index (κ2) is 3.62. The van der Waals surface area contributed by atoms with Crippen LogP contribution in [0.3, 0.4) is 0 Å². The standard InChI is InChI=1S/C11H14N2/c1-13-8-7-11(12-9-13)10-5-3-2-4-6-10/h2-7,12H,8-9H2,1H3. The van der Waals surface area contributed by atoms with Crippen LogP contribution in [0.4, 0.5) is 0 Å². The van der Waals surface area contributed by atoms with Gasteiger partial charge in [-0.3, -0.25) is 4.90 Å². The molecule has 1 aliphatic rings. The van der Waals surface area contributed by atoms with Gasteiger partial charge in [0.1, 0.15) is 0 Å². The van der Waals surface area contributed by atoms with Crippen molar-refractivity contribution in [1.82, 2.24) is 10.2 Å². The van der Waals surface area contributed by atoms with E-state index in [0.29, 0.717) is 0 Å². The average Bonchev–Trinajstić information content (AvgIpc) is 2.20. The minimum atomic E-state index is 0.931. The summed E-state index contributed by atoms with van der Waals surface area (Å²) in [5.41, 5.74) is 2.52. The zero-order valence-corrected chi connectivity index (χ0v) is 7.83. The molecule has 0 radical (unpaired) electrons. The third-order valence-corrected chi connectivity index (χ3v) is 2.23. The molecule has 0 saturated carbocycles. The summed E-state index contributed by atoms with van der Waals surface area (Å²) in [6.45, 7) is 1.96. The molecule has 0 unspecified atom stereocenters. The third-order valence-electron chi connectivity index (χ3n) is 2.23. The summed E-state index contributed by atoms with van der Waals surface area (Å²) in [6.07, 6.45) is 2.22. The van der Waals surface area contributed by atoms with E-state index < -0.39 is 0 Å². The maximum atomic E-state index is 3.37. The Labute approximate surface area is 78.9 Å². The number of nitrogens with zero attached hydrogens (tertiary/aromatic N) is 1. The Hall–Kier alpha value is -1.28. The van der Waals surface area contributed by atoms with Crippen molar-refractivity contribution >= 4 is 5.70 Å². The first kappa shape index (κ1) is 8.32. The van der Waals surface area contributed by atoms with Crippen LogP contribution >= 0.6 is 0 Å². The molecule has 0 aromatic heterocycles. The number of likely N-dealkylation sites (N-methyl/N-ethyl adjacent to an activating group) is 1. The number of nitrogens with one attached hydrogen (secondary N) is 1. The highest BCUT2D eigenvalue weighted by molar-refractivity contribution is 5.64. The molecular weight excluding hydrogens is 160 g/mol. The highest BCUT2D eigenvalue weighted by Crippen LogP contribution is 2.12. The van der Waals surface area contributed by atoms with Crippen LogP contribution in [0.25, 0.3) is 5.70 Å². The Morgan fingerprint density at radius 1 is 1.23 bits per heavy atom. The average molecular weight is 174 g/mol. The topological polar surface area (TPSA) is 15.3 Å². The minimum absolute atomic E-state index is 0.931. The molecule has 1 aliphatic heterocycles. The van der Waals surface area contributed by atoms with Crippen LogP contribution in [0, 0.1) is 0 Å². The van der Waals surface area contributed by atoms with Crippen LogP contribution < -0.4 is 5.32 Å². The predicted molar refractivity (Wildman–Crippen MR) is 55.1 cm³/mol. The van der Waals surface area contributed by atoms with Crippen LogP contribution in [0.15, 0.2) is 36.4 Å². The molecule has 1 aromatic carbocycles. The first-order chi connectivity index (χ1) is 6.36. The Morgan fingerprint density at radius 3 is 2.62 bits per heavy atom. The zero-order valence-electron chi connectivity index (χ0n) is 7.83. The van der Waals surface area contributed by atoms with E-state index in [9.17, 15) is 0 Å². The maximum absolute atomic E-state index is 3.37. The molecule has 2 rings (SSSR count). The molecule has 2 heteroatoms. The normalized spacial score (nSPS) is 17.8. The molecule has 0 fully saturated rings. The van der Waals surface area contributed by atoms with E-state index >= 15 is 0 Å². The summed E-state index contributed by atoms with van der Waals surface area (Å²) in [7, 11) is 2.10. The molecule has 1 heterocycles. The van der Waals surface area contributed by atoms with Crippen LogP contribution in [0.2, 0.25) is 0 Å². The van der Waals surface area contributed by atoms with E-state index in [1.807, 2.05) is 6.07 Å². The lowest BCUT2D eigenvalue weighted by Crippen LogP contribution is -2.34. The van der Waals surface area contributed by atoms with Crippen LogP contribution in [-0.4, -0.2) is 25.2 Å². The Kier molecular flexibility index (Phi) is 2.32. The summed E-state index contributed by atoms with van der Waals surface area (Å²) in [5.74, 6) is 0. The van der Waals surface area contributed by atoms with Crippen molar-refractivity contribution in [3.63, 3.8) is 0 Å². The summed E-state index contributed by atoms with van der Waals surface area (Å²) in [5, 5.41) is 3.37. The zero-order chi connectivity index (χ0) is 9.10. The quantitative estimate of drug-likeness (QED) is 0.694. The van der Waals surface area contributed by atoms with Crippen molar-refractivity contribution in [3.8, 4) is 0 Å². The minimum Gasteiger partial charge on any atom is -0.372 e. The molecular formula is C11H14N2. The fourth-order valence-electron chi connectivity index (χ4n) is 1.44. The SMILES string of the molecule is CN1CC=C(c2ccccc2)NC1. The van der Waals surface area contributed by atoms with Crippen LogP contribution in [0.5, 0.6) is 0 Å². The fourth-order valence-corrected chi connectivity index (χ4v) is 1.44. The molecule has 0 saturated heterocycles. The van der Waals surface area contributed by atoms with E-state index in [0.717, 1.165) is 13.2 Å². The first-order valence-electron chi connectivity index (χ1n) is 4.54. The lowest BCUT2D eigenvalue weighted by molar-refractivity contribution is 0.348. The largest absolute Gasteiger partial charge is 0.372 e. The molecule has 0 aliphatic carbocycles. The van der Waals surface area contributed by atoms with E-state index in [1.54, 1.807) is 0 Å². The Bertz CT molecular complexity index is 303.